The highest BCUT2D eigenvalue weighted by molar-refractivity contribution is 7.89. The minimum atomic E-state index is -3.95. The van der Waals surface area contributed by atoms with E-state index < -0.39 is 39.8 Å². The van der Waals surface area contributed by atoms with E-state index in [1.165, 1.54) is 25.8 Å². The molecule has 2 aromatic rings. The van der Waals surface area contributed by atoms with Gasteiger partial charge in [-0.15, -0.1) is 6.58 Å². The molecule has 312 valence electrons. The lowest BCUT2D eigenvalue weighted by molar-refractivity contribution is 0.0525. The Balaban J connectivity index is 1.61. The number of aromatic nitrogens is 1. The third-order valence-corrected chi connectivity index (χ3v) is 14.9. The number of hydrogen-bond donors (Lipinski definition) is 1. The molecule has 0 fully saturated rings. The third kappa shape index (κ3) is 15.1. The van der Waals surface area contributed by atoms with Crippen LogP contribution in [0.5, 0.6) is 0 Å². The van der Waals surface area contributed by atoms with E-state index in [0.717, 1.165) is 0 Å². The molecular weight excluding hydrogens is 773 g/mol. The Labute approximate surface area is 335 Å². The number of benzene rings is 1. The third-order valence-electron chi connectivity index (χ3n) is 9.07. The summed E-state index contributed by atoms with van der Waals surface area (Å²) < 4.78 is 62.8. The molecule has 0 atom stereocenters. The molecule has 56 heavy (non-hydrogen) atoms. The molecule has 0 aliphatic carbocycles. The second-order valence-corrected chi connectivity index (χ2v) is 25.8. The number of nitrogens with zero attached hydrogens (tertiary/aromatic N) is 5. The monoisotopic (exact) mass is 834 g/mol. The molecule has 1 aromatic carbocycles. The molecule has 3 amide bonds. The fourth-order valence-corrected chi connectivity index (χ4v) is 12.1. The van der Waals surface area contributed by atoms with E-state index in [9.17, 15) is 31.2 Å². The molecule has 0 radical (unpaired) electrons. The predicted molar refractivity (Wildman–Crippen MR) is 222 cm³/mol. The lowest BCUT2D eigenvalue weighted by atomic mass is 10.1. The number of unbranched alkanes of at least 4 members (excludes halogenated alkanes) is 1. The van der Waals surface area contributed by atoms with Crippen LogP contribution >= 0.6 is 0 Å². The van der Waals surface area contributed by atoms with Crippen LogP contribution in [0.25, 0.3) is 0 Å². The van der Waals surface area contributed by atoms with Crippen molar-refractivity contribution in [3.05, 3.63) is 72.4 Å². The van der Waals surface area contributed by atoms with Gasteiger partial charge >= 0.3 is 6.09 Å². The normalized spacial score (nSPS) is 13.8. The highest BCUT2D eigenvalue weighted by Gasteiger charge is 2.34. The van der Waals surface area contributed by atoms with E-state index in [-0.39, 0.29) is 61.9 Å². The smallest absolute Gasteiger partial charge is 0.407 e. The van der Waals surface area contributed by atoms with Gasteiger partial charge in [0.2, 0.25) is 10.0 Å². The first-order valence-corrected chi connectivity index (χ1v) is 26.2. The van der Waals surface area contributed by atoms with Gasteiger partial charge in [0, 0.05) is 66.6 Å². The molecule has 0 saturated carbocycles. The molecule has 0 bridgehead atoms. The van der Waals surface area contributed by atoms with Crippen LogP contribution in [0, 0.1) is 0 Å². The molecule has 1 aliphatic heterocycles. The van der Waals surface area contributed by atoms with E-state index in [0.29, 0.717) is 68.9 Å². The summed E-state index contributed by atoms with van der Waals surface area (Å²) in [5, 5.41) is 2.63. The lowest BCUT2D eigenvalue weighted by Crippen LogP contribution is -2.39. The Morgan fingerprint density at radius 1 is 0.839 bits per heavy atom. The van der Waals surface area contributed by atoms with Crippen LogP contribution in [0.4, 0.5) is 4.79 Å². The molecule has 14 nitrogen and oxygen atoms in total. The average molecular weight is 835 g/mol. The van der Waals surface area contributed by atoms with Crippen molar-refractivity contribution in [2.45, 2.75) is 89.2 Å². The SMILES string of the molecule is C=CCN(CCCN1C(=O)c2ccccc2C1=O)CCCN(CCCCN(CCCNC(=O)OC(C)(C)C)S(=O)(=O)CC[Si](C)(C)C)S(=O)(=O)c1ccccn1. The van der Waals surface area contributed by atoms with E-state index in [1.807, 2.05) is 0 Å². The van der Waals surface area contributed by atoms with Crippen molar-refractivity contribution in [2.24, 2.45) is 0 Å². The fraction of sp³-hybridized carbons (Fsp3) is 0.590. The average Bonchev–Trinajstić information content (AvgIpc) is 3.36. The maximum absolute atomic E-state index is 13.8. The number of fused-ring (bicyclic) bond motifs is 1. The lowest BCUT2D eigenvalue weighted by Gasteiger charge is -2.26. The van der Waals surface area contributed by atoms with Crippen LogP contribution in [-0.2, 0) is 24.8 Å². The molecule has 3 rings (SSSR count). The van der Waals surface area contributed by atoms with E-state index >= 15 is 0 Å². The van der Waals surface area contributed by atoms with E-state index in [1.54, 1.807) is 63.2 Å². The number of hydrogen-bond acceptors (Lipinski definition) is 10. The topological polar surface area (TPSA) is 167 Å². The summed E-state index contributed by atoms with van der Waals surface area (Å²) in [7, 11) is -9.19. The number of alkyl carbamates (subject to hydrolysis) is 1. The molecule has 1 aromatic heterocycles. The van der Waals surface area contributed by atoms with Crippen LogP contribution in [0.1, 0.15) is 73.6 Å². The summed E-state index contributed by atoms with van der Waals surface area (Å²) in [5.41, 5.74) is 0.184. The first-order valence-electron chi connectivity index (χ1n) is 19.4. The van der Waals surface area contributed by atoms with Crippen LogP contribution in [-0.4, -0.2) is 136 Å². The van der Waals surface area contributed by atoms with Crippen LogP contribution in [0.15, 0.2) is 66.3 Å². The zero-order valence-electron chi connectivity index (χ0n) is 34.0. The standard InChI is InChI=1S/C39H62N6O8S2Si/c1-8-23-42(25-17-30-45-36(46)33-18-9-10-19-34(33)37(45)47)24-16-29-44(55(51,52)35-20-11-12-21-40-35)27-14-13-26-43(54(49,50)31-32-56(5,6)7)28-15-22-41-38(48)53-39(2,3)4/h8-12,18-21H,1,13-17,22-32H2,2-7H3,(H,41,48). The molecule has 0 spiro atoms. The summed E-state index contributed by atoms with van der Waals surface area (Å²) in [6.45, 7) is 18.5. The quantitative estimate of drug-likeness (QED) is 0.0601. The molecule has 2 heterocycles. The van der Waals surface area contributed by atoms with Crippen molar-refractivity contribution in [2.75, 3.05) is 64.7 Å². The Kier molecular flexibility index (Phi) is 17.9. The molecule has 1 N–H and O–H groups in total. The number of carbonyl (C=O) groups is 3. The Bertz CT molecular complexity index is 1800. The number of imide groups is 1. The van der Waals surface area contributed by atoms with Gasteiger partial charge in [0.1, 0.15) is 5.60 Å². The van der Waals surface area contributed by atoms with Gasteiger partial charge in [0.25, 0.3) is 21.8 Å². The molecule has 0 saturated heterocycles. The van der Waals surface area contributed by atoms with Gasteiger partial charge in [0.05, 0.1) is 16.9 Å². The summed E-state index contributed by atoms with van der Waals surface area (Å²) in [6.07, 6.45) is 4.92. The number of carbonyl (C=O) groups excluding carboxylic acids is 3. The summed E-state index contributed by atoms with van der Waals surface area (Å²) in [5.74, 6) is -0.542. The minimum Gasteiger partial charge on any atom is -0.444 e. The van der Waals surface area contributed by atoms with Gasteiger partial charge < -0.3 is 10.1 Å². The van der Waals surface area contributed by atoms with Crippen molar-refractivity contribution in [3.63, 3.8) is 0 Å². The maximum Gasteiger partial charge on any atom is 0.407 e. The summed E-state index contributed by atoms with van der Waals surface area (Å²) in [4.78, 5) is 45.2. The summed E-state index contributed by atoms with van der Waals surface area (Å²) in [6, 6.07) is 12.1. The van der Waals surface area contributed by atoms with Gasteiger partial charge in [-0.25, -0.2) is 30.9 Å². The summed E-state index contributed by atoms with van der Waals surface area (Å²) >= 11 is 0. The van der Waals surface area contributed by atoms with Gasteiger partial charge in [-0.2, -0.15) is 4.31 Å². The minimum absolute atomic E-state index is 0.0436. The number of pyridine rings is 1. The van der Waals surface area contributed by atoms with Crippen molar-refractivity contribution in [3.8, 4) is 0 Å². The number of amides is 3. The first-order chi connectivity index (χ1) is 26.2. The van der Waals surface area contributed by atoms with Crippen LogP contribution in [0.3, 0.4) is 0 Å². The number of ether oxygens (including phenoxy) is 1. The van der Waals surface area contributed by atoms with Crippen LogP contribution in [0.2, 0.25) is 25.7 Å². The molecule has 0 unspecified atom stereocenters. The number of rotatable bonds is 25. The zero-order chi connectivity index (χ0) is 41.6. The van der Waals surface area contributed by atoms with Gasteiger partial charge in [0.15, 0.2) is 5.03 Å². The van der Waals surface area contributed by atoms with Crippen molar-refractivity contribution in [1.82, 2.24) is 28.7 Å². The molecule has 1 aliphatic rings. The van der Waals surface area contributed by atoms with Crippen LogP contribution < -0.4 is 5.32 Å². The Hall–Kier alpha value is -3.48. The fourth-order valence-electron chi connectivity index (χ4n) is 6.12. The van der Waals surface area contributed by atoms with Crippen molar-refractivity contribution >= 4 is 46.0 Å². The zero-order valence-corrected chi connectivity index (χ0v) is 36.7. The Morgan fingerprint density at radius 3 is 1.98 bits per heavy atom. The second-order valence-electron chi connectivity index (χ2n) is 16.2. The Morgan fingerprint density at radius 2 is 1.41 bits per heavy atom. The molecule has 17 heteroatoms. The maximum atomic E-state index is 13.8. The predicted octanol–water partition coefficient (Wildman–Crippen LogP) is 5.30. The first kappa shape index (κ1) is 46.9. The number of sulfonamides is 2. The number of nitrogens with one attached hydrogen (secondary N) is 1. The highest BCUT2D eigenvalue weighted by Crippen LogP contribution is 2.23. The van der Waals surface area contributed by atoms with Gasteiger partial charge in [-0.05, 0) is 89.7 Å². The highest BCUT2D eigenvalue weighted by atomic mass is 32.2. The largest absolute Gasteiger partial charge is 0.444 e. The van der Waals surface area contributed by atoms with Crippen molar-refractivity contribution in [1.29, 1.82) is 0 Å². The van der Waals surface area contributed by atoms with Crippen molar-refractivity contribution < 1.29 is 36.0 Å². The van der Waals surface area contributed by atoms with Gasteiger partial charge in [-0.3, -0.25) is 19.4 Å². The van der Waals surface area contributed by atoms with Gasteiger partial charge in [-0.1, -0.05) is 43.9 Å². The van der Waals surface area contributed by atoms with E-state index in [2.05, 4.69) is 41.4 Å². The van der Waals surface area contributed by atoms with E-state index in [4.69, 9.17) is 4.74 Å². The molecular formula is C39H62N6O8S2Si. The second kappa shape index (κ2) is 21.3.